The molecule has 2 heteroatoms. The first kappa shape index (κ1) is 14.4. The van der Waals surface area contributed by atoms with E-state index in [1.54, 1.807) is 0 Å². The van der Waals surface area contributed by atoms with Crippen LogP contribution in [0.15, 0.2) is 53.7 Å². The molecule has 0 N–H and O–H groups in total. The summed E-state index contributed by atoms with van der Waals surface area (Å²) in [6.45, 7) is 2.24. The van der Waals surface area contributed by atoms with E-state index in [0.717, 1.165) is 17.8 Å². The van der Waals surface area contributed by atoms with Gasteiger partial charge in [0.1, 0.15) is 0 Å². The van der Waals surface area contributed by atoms with E-state index in [2.05, 4.69) is 23.0 Å². The number of hydrogen-bond acceptors (Lipinski definition) is 2. The third-order valence-electron chi connectivity index (χ3n) is 3.30. The Morgan fingerprint density at radius 2 is 1.85 bits per heavy atom. The zero-order chi connectivity index (χ0) is 14.0. The van der Waals surface area contributed by atoms with Crippen LogP contribution in [0.3, 0.4) is 0 Å². The van der Waals surface area contributed by atoms with E-state index >= 15 is 0 Å². The molecule has 0 saturated heterocycles. The predicted molar refractivity (Wildman–Crippen MR) is 85.8 cm³/mol. The summed E-state index contributed by atoms with van der Waals surface area (Å²) in [7, 11) is 0. The Kier molecular flexibility index (Phi) is 5.97. The number of nitrogens with zero attached hydrogens (tertiary/aromatic N) is 2. The zero-order valence-corrected chi connectivity index (χ0v) is 12.1. The molecule has 20 heavy (non-hydrogen) atoms. The lowest BCUT2D eigenvalue weighted by atomic mass is 10.1. The molecular formula is C18H22N2. The molecule has 0 aliphatic carbocycles. The summed E-state index contributed by atoms with van der Waals surface area (Å²) < 4.78 is 0. The molecule has 0 atom stereocenters. The Bertz CT molecular complexity index is 532. The highest BCUT2D eigenvalue weighted by molar-refractivity contribution is 5.81. The first-order valence-corrected chi connectivity index (χ1v) is 7.43. The number of benzene rings is 1. The molecule has 0 aliphatic heterocycles. The van der Waals surface area contributed by atoms with Crippen molar-refractivity contribution < 1.29 is 0 Å². The lowest BCUT2D eigenvalue weighted by molar-refractivity contribution is 0.666. The molecule has 2 rings (SSSR count). The highest BCUT2D eigenvalue weighted by atomic mass is 14.9. The van der Waals surface area contributed by atoms with E-state index < -0.39 is 0 Å². The van der Waals surface area contributed by atoms with E-state index in [0.29, 0.717) is 0 Å². The Morgan fingerprint density at radius 3 is 2.65 bits per heavy atom. The molecule has 0 aliphatic rings. The number of unbranched alkanes of at least 4 members (excludes halogenated alkanes) is 3. The number of aromatic nitrogens is 1. The van der Waals surface area contributed by atoms with Gasteiger partial charge in [0, 0.05) is 12.4 Å². The van der Waals surface area contributed by atoms with Crippen LogP contribution in [0.4, 0.5) is 5.82 Å². The highest BCUT2D eigenvalue weighted by Crippen LogP contribution is 2.18. The molecule has 1 heterocycles. The Hall–Kier alpha value is -1.96. The van der Waals surface area contributed by atoms with Gasteiger partial charge in [0.05, 0.1) is 0 Å². The lowest BCUT2D eigenvalue weighted by Gasteiger charge is -2.04. The van der Waals surface area contributed by atoms with Gasteiger partial charge in [-0.1, -0.05) is 62.6 Å². The van der Waals surface area contributed by atoms with Crippen molar-refractivity contribution in [3.8, 4) is 0 Å². The van der Waals surface area contributed by atoms with Crippen molar-refractivity contribution in [1.82, 2.24) is 4.98 Å². The maximum Gasteiger partial charge on any atom is 0.154 e. The standard InChI is InChI=1S/C18H22N2/c1-2-3-4-8-12-17-13-9-14-19-18(17)20-15-16-10-6-5-7-11-16/h5-7,9-11,13-15H,2-4,8,12H2,1H3. The van der Waals surface area contributed by atoms with Gasteiger partial charge in [-0.05, 0) is 30.0 Å². The van der Waals surface area contributed by atoms with Crippen LogP contribution in [0.1, 0.15) is 43.7 Å². The summed E-state index contributed by atoms with van der Waals surface area (Å²) in [5.74, 6) is 0.854. The summed E-state index contributed by atoms with van der Waals surface area (Å²) >= 11 is 0. The number of rotatable bonds is 7. The molecule has 1 aromatic heterocycles. The van der Waals surface area contributed by atoms with Gasteiger partial charge in [0.15, 0.2) is 5.82 Å². The van der Waals surface area contributed by atoms with Crippen LogP contribution in [-0.4, -0.2) is 11.2 Å². The number of pyridine rings is 1. The molecule has 2 nitrogen and oxygen atoms in total. The van der Waals surface area contributed by atoms with Crippen LogP contribution in [0.2, 0.25) is 0 Å². The molecule has 0 radical (unpaired) electrons. The average molecular weight is 266 g/mol. The van der Waals surface area contributed by atoms with Crippen LogP contribution < -0.4 is 0 Å². The lowest BCUT2D eigenvalue weighted by Crippen LogP contribution is -1.90. The second-order valence-corrected chi connectivity index (χ2v) is 4.97. The third kappa shape index (κ3) is 4.61. The van der Waals surface area contributed by atoms with Gasteiger partial charge in [-0.2, -0.15) is 0 Å². The molecule has 0 fully saturated rings. The molecule has 0 spiro atoms. The van der Waals surface area contributed by atoms with Crippen LogP contribution in [-0.2, 0) is 6.42 Å². The van der Waals surface area contributed by atoms with Crippen LogP contribution in [0.5, 0.6) is 0 Å². The minimum atomic E-state index is 0.854. The maximum absolute atomic E-state index is 4.54. The minimum absolute atomic E-state index is 0.854. The van der Waals surface area contributed by atoms with E-state index in [1.165, 1.54) is 31.2 Å². The summed E-state index contributed by atoms with van der Waals surface area (Å²) in [4.78, 5) is 8.93. The van der Waals surface area contributed by atoms with E-state index in [1.807, 2.05) is 48.8 Å². The number of aryl methyl sites for hydroxylation is 1. The summed E-state index contributed by atoms with van der Waals surface area (Å²) in [6.07, 6.45) is 9.84. The Labute approximate surface area is 121 Å². The molecule has 0 unspecified atom stereocenters. The molecule has 0 saturated carbocycles. The fourth-order valence-electron chi connectivity index (χ4n) is 2.16. The number of aliphatic imine (C=N–C) groups is 1. The van der Waals surface area contributed by atoms with Crippen molar-refractivity contribution in [3.63, 3.8) is 0 Å². The SMILES string of the molecule is CCCCCCc1cccnc1N=Cc1ccccc1. The van der Waals surface area contributed by atoms with Crippen LogP contribution >= 0.6 is 0 Å². The molecule has 104 valence electrons. The first-order chi connectivity index (χ1) is 9.90. The summed E-state index contributed by atoms with van der Waals surface area (Å²) in [5.41, 5.74) is 2.35. The van der Waals surface area contributed by atoms with Gasteiger partial charge in [-0.25, -0.2) is 9.98 Å². The first-order valence-electron chi connectivity index (χ1n) is 7.43. The van der Waals surface area contributed by atoms with Crippen LogP contribution in [0.25, 0.3) is 0 Å². The normalized spacial score (nSPS) is 11.1. The topological polar surface area (TPSA) is 25.2 Å². The maximum atomic E-state index is 4.54. The average Bonchev–Trinajstić information content (AvgIpc) is 2.51. The van der Waals surface area contributed by atoms with Crippen molar-refractivity contribution in [1.29, 1.82) is 0 Å². The van der Waals surface area contributed by atoms with Gasteiger partial charge in [-0.15, -0.1) is 0 Å². The van der Waals surface area contributed by atoms with E-state index in [-0.39, 0.29) is 0 Å². The van der Waals surface area contributed by atoms with Crippen LogP contribution in [0, 0.1) is 0 Å². The monoisotopic (exact) mass is 266 g/mol. The van der Waals surface area contributed by atoms with Gasteiger partial charge in [0.2, 0.25) is 0 Å². The van der Waals surface area contributed by atoms with Gasteiger partial charge < -0.3 is 0 Å². The quantitative estimate of drug-likeness (QED) is 0.514. The molecule has 0 bridgehead atoms. The van der Waals surface area contributed by atoms with Crippen molar-refractivity contribution in [2.24, 2.45) is 4.99 Å². The molecule has 2 aromatic rings. The molecular weight excluding hydrogens is 244 g/mol. The fourth-order valence-corrected chi connectivity index (χ4v) is 2.16. The smallest absolute Gasteiger partial charge is 0.154 e. The van der Waals surface area contributed by atoms with Gasteiger partial charge in [0.25, 0.3) is 0 Å². The van der Waals surface area contributed by atoms with Crippen molar-refractivity contribution in [2.75, 3.05) is 0 Å². The zero-order valence-electron chi connectivity index (χ0n) is 12.1. The predicted octanol–water partition coefficient (Wildman–Crippen LogP) is 4.96. The molecule has 0 amide bonds. The number of hydrogen-bond donors (Lipinski definition) is 0. The Balaban J connectivity index is 2.02. The largest absolute Gasteiger partial charge is 0.237 e. The Morgan fingerprint density at radius 1 is 1.00 bits per heavy atom. The summed E-state index contributed by atoms with van der Waals surface area (Å²) in [6, 6.07) is 14.3. The van der Waals surface area contributed by atoms with Crippen molar-refractivity contribution in [2.45, 2.75) is 39.0 Å². The minimum Gasteiger partial charge on any atom is -0.237 e. The summed E-state index contributed by atoms with van der Waals surface area (Å²) in [5, 5.41) is 0. The fraction of sp³-hybridized carbons (Fsp3) is 0.333. The van der Waals surface area contributed by atoms with Crippen molar-refractivity contribution >= 4 is 12.0 Å². The highest BCUT2D eigenvalue weighted by Gasteiger charge is 2.01. The van der Waals surface area contributed by atoms with Gasteiger partial charge in [-0.3, -0.25) is 0 Å². The third-order valence-corrected chi connectivity index (χ3v) is 3.30. The van der Waals surface area contributed by atoms with Crippen molar-refractivity contribution in [3.05, 3.63) is 59.8 Å². The van der Waals surface area contributed by atoms with E-state index in [9.17, 15) is 0 Å². The van der Waals surface area contributed by atoms with Gasteiger partial charge >= 0.3 is 0 Å². The molecule has 1 aromatic carbocycles. The second kappa shape index (κ2) is 8.26. The second-order valence-electron chi connectivity index (χ2n) is 4.97. The van der Waals surface area contributed by atoms with E-state index in [4.69, 9.17) is 0 Å².